The molecule has 0 heterocycles. The number of rotatable bonds is 9. The van der Waals surface area contributed by atoms with Crippen LogP contribution in [0.4, 0.5) is 4.39 Å². The van der Waals surface area contributed by atoms with Crippen LogP contribution >= 0.6 is 0 Å². The summed E-state index contributed by atoms with van der Waals surface area (Å²) in [5.41, 5.74) is 6.13. The highest BCUT2D eigenvalue weighted by Gasteiger charge is 2.37. The summed E-state index contributed by atoms with van der Waals surface area (Å²) in [6, 6.07) is 17.3. The summed E-state index contributed by atoms with van der Waals surface area (Å²) in [4.78, 5) is 11.8. The van der Waals surface area contributed by atoms with Crippen LogP contribution in [0, 0.1) is 17.2 Å². The standard InChI is InChI=1S/C34H39FO4/c1-5-25(33(36)37)26-14-10-22-9-11-24(19-28(22)26)39-20-21-8-13-27(30-18-23(38-4)12-15-32(30)35)29(17-21)31-7-6-16-34(31,2)3/h8-9,11-13,15,17-19,25-26,31H,5-7,10,14,16,20H2,1-4H3,(H,36,37). The van der Waals surface area contributed by atoms with Crippen molar-refractivity contribution in [2.75, 3.05) is 7.11 Å². The topological polar surface area (TPSA) is 55.8 Å². The number of ether oxygens (including phenoxy) is 2. The Bertz CT molecular complexity index is 1360. The second-order valence-corrected chi connectivity index (χ2v) is 11.8. The normalized spacial score (nSPS) is 20.4. The zero-order valence-corrected chi connectivity index (χ0v) is 23.4. The van der Waals surface area contributed by atoms with Crippen molar-refractivity contribution >= 4 is 5.97 Å². The molecule has 39 heavy (non-hydrogen) atoms. The van der Waals surface area contributed by atoms with Crippen LogP contribution in [-0.4, -0.2) is 18.2 Å². The number of methoxy groups -OCH3 is 1. The van der Waals surface area contributed by atoms with Crippen LogP contribution in [0.3, 0.4) is 0 Å². The summed E-state index contributed by atoms with van der Waals surface area (Å²) in [6.45, 7) is 6.95. The summed E-state index contributed by atoms with van der Waals surface area (Å²) >= 11 is 0. The van der Waals surface area contributed by atoms with Crippen molar-refractivity contribution in [2.24, 2.45) is 11.3 Å². The van der Waals surface area contributed by atoms with E-state index in [1.54, 1.807) is 19.2 Å². The first-order valence-electron chi connectivity index (χ1n) is 14.2. The Morgan fingerprint density at radius 2 is 1.82 bits per heavy atom. The lowest BCUT2D eigenvalue weighted by Crippen LogP contribution is -2.19. The summed E-state index contributed by atoms with van der Waals surface area (Å²) in [5, 5.41) is 9.72. The van der Waals surface area contributed by atoms with Crippen LogP contribution < -0.4 is 9.47 Å². The number of aryl methyl sites for hydroxylation is 1. The van der Waals surface area contributed by atoms with E-state index in [0.29, 0.717) is 30.3 Å². The van der Waals surface area contributed by atoms with Crippen molar-refractivity contribution in [3.8, 4) is 22.6 Å². The number of carboxylic acid groups (broad SMARTS) is 1. The number of fused-ring (bicyclic) bond motifs is 1. The number of benzene rings is 3. The number of carbonyl (C=O) groups is 1. The maximum Gasteiger partial charge on any atom is 0.307 e. The number of halogens is 1. The molecule has 0 amide bonds. The molecule has 1 fully saturated rings. The SMILES string of the molecule is CCC(C(=O)O)C1CCc2ccc(OCc3ccc(-c4cc(OC)ccc4F)c(C4CCCC4(C)C)c3)cc21. The first kappa shape index (κ1) is 27.2. The van der Waals surface area contributed by atoms with Crippen LogP contribution in [0.15, 0.2) is 54.6 Å². The van der Waals surface area contributed by atoms with Gasteiger partial charge in [-0.1, -0.05) is 51.5 Å². The van der Waals surface area contributed by atoms with Crippen molar-refractivity contribution in [3.63, 3.8) is 0 Å². The van der Waals surface area contributed by atoms with E-state index in [1.807, 2.05) is 31.2 Å². The van der Waals surface area contributed by atoms with Gasteiger partial charge in [-0.05, 0) is 108 Å². The van der Waals surface area contributed by atoms with Gasteiger partial charge < -0.3 is 14.6 Å². The first-order chi connectivity index (χ1) is 18.7. The highest BCUT2D eigenvalue weighted by Crippen LogP contribution is 2.51. The van der Waals surface area contributed by atoms with E-state index >= 15 is 4.39 Å². The predicted octanol–water partition coefficient (Wildman–Crippen LogP) is 8.51. The quantitative estimate of drug-likeness (QED) is 0.301. The first-order valence-corrected chi connectivity index (χ1v) is 14.2. The number of hydrogen-bond acceptors (Lipinski definition) is 3. The van der Waals surface area contributed by atoms with E-state index in [4.69, 9.17) is 9.47 Å². The predicted molar refractivity (Wildman–Crippen MR) is 152 cm³/mol. The monoisotopic (exact) mass is 530 g/mol. The minimum atomic E-state index is -0.725. The van der Waals surface area contributed by atoms with Gasteiger partial charge >= 0.3 is 5.97 Å². The molecule has 4 nitrogen and oxygen atoms in total. The lowest BCUT2D eigenvalue weighted by molar-refractivity contribution is -0.142. The smallest absolute Gasteiger partial charge is 0.307 e. The second-order valence-electron chi connectivity index (χ2n) is 11.8. The molecule has 3 aromatic rings. The fraction of sp³-hybridized carbons (Fsp3) is 0.441. The maximum absolute atomic E-state index is 15.1. The average Bonchev–Trinajstić information content (AvgIpc) is 3.50. The maximum atomic E-state index is 15.1. The third-order valence-electron chi connectivity index (χ3n) is 9.10. The Balaban J connectivity index is 1.44. The summed E-state index contributed by atoms with van der Waals surface area (Å²) in [5.74, 6) is 0.390. The van der Waals surface area contributed by atoms with Crippen LogP contribution in [0.25, 0.3) is 11.1 Å². The molecule has 1 saturated carbocycles. The lowest BCUT2D eigenvalue weighted by atomic mass is 9.75. The van der Waals surface area contributed by atoms with E-state index in [1.165, 1.54) is 11.6 Å². The Kier molecular flexibility index (Phi) is 7.70. The zero-order valence-electron chi connectivity index (χ0n) is 23.4. The highest BCUT2D eigenvalue weighted by atomic mass is 19.1. The molecular formula is C34H39FO4. The van der Waals surface area contributed by atoms with E-state index in [9.17, 15) is 9.90 Å². The molecular weight excluding hydrogens is 491 g/mol. The average molecular weight is 531 g/mol. The number of aliphatic carboxylic acids is 1. The van der Waals surface area contributed by atoms with Gasteiger partial charge in [0.05, 0.1) is 13.0 Å². The fourth-order valence-corrected chi connectivity index (χ4v) is 6.89. The van der Waals surface area contributed by atoms with Crippen LogP contribution in [0.5, 0.6) is 11.5 Å². The Morgan fingerprint density at radius 1 is 1.03 bits per heavy atom. The Labute approximate surface area is 231 Å². The molecule has 0 aliphatic heterocycles. The van der Waals surface area contributed by atoms with Gasteiger partial charge in [0.15, 0.2) is 0 Å². The molecule has 206 valence electrons. The van der Waals surface area contributed by atoms with Gasteiger partial charge in [-0.25, -0.2) is 4.39 Å². The van der Waals surface area contributed by atoms with Crippen molar-refractivity contribution in [2.45, 2.75) is 77.7 Å². The molecule has 0 saturated heterocycles. The zero-order chi connectivity index (χ0) is 27.7. The fourth-order valence-electron chi connectivity index (χ4n) is 6.89. The van der Waals surface area contributed by atoms with E-state index in [2.05, 4.69) is 26.0 Å². The van der Waals surface area contributed by atoms with Gasteiger partial charge in [-0.3, -0.25) is 4.79 Å². The third-order valence-corrected chi connectivity index (χ3v) is 9.10. The van der Waals surface area contributed by atoms with Crippen molar-refractivity contribution in [3.05, 3.63) is 82.7 Å². The molecule has 3 unspecified atom stereocenters. The minimum Gasteiger partial charge on any atom is -0.497 e. The van der Waals surface area contributed by atoms with Crippen molar-refractivity contribution < 1.29 is 23.8 Å². The van der Waals surface area contributed by atoms with Gasteiger partial charge in [0.1, 0.15) is 23.9 Å². The van der Waals surface area contributed by atoms with Gasteiger partial charge in [-0.15, -0.1) is 0 Å². The molecule has 5 heteroatoms. The molecule has 0 radical (unpaired) electrons. The molecule has 0 bridgehead atoms. The lowest BCUT2D eigenvalue weighted by Gasteiger charge is -2.30. The van der Waals surface area contributed by atoms with E-state index in [0.717, 1.165) is 60.1 Å². The molecule has 0 spiro atoms. The van der Waals surface area contributed by atoms with Crippen molar-refractivity contribution in [1.82, 2.24) is 0 Å². The summed E-state index contributed by atoms with van der Waals surface area (Å²) in [6.07, 6.45) is 5.77. The van der Waals surface area contributed by atoms with Crippen LogP contribution in [-0.2, 0) is 17.8 Å². The van der Waals surface area contributed by atoms with Crippen LogP contribution in [0.1, 0.15) is 87.0 Å². The molecule has 3 atom stereocenters. The molecule has 1 N–H and O–H groups in total. The van der Waals surface area contributed by atoms with E-state index < -0.39 is 5.97 Å². The largest absolute Gasteiger partial charge is 0.497 e. The Morgan fingerprint density at radius 3 is 2.51 bits per heavy atom. The van der Waals surface area contributed by atoms with Gasteiger partial charge in [0.2, 0.25) is 0 Å². The minimum absolute atomic E-state index is 0.0271. The van der Waals surface area contributed by atoms with E-state index in [-0.39, 0.29) is 23.1 Å². The number of hydrogen-bond donors (Lipinski definition) is 1. The van der Waals surface area contributed by atoms with Gasteiger partial charge in [0, 0.05) is 5.56 Å². The Hall–Kier alpha value is -3.34. The molecule has 0 aromatic heterocycles. The van der Waals surface area contributed by atoms with Gasteiger partial charge in [-0.2, -0.15) is 0 Å². The summed E-state index contributed by atoms with van der Waals surface area (Å²) in [7, 11) is 1.60. The molecule has 2 aliphatic carbocycles. The highest BCUT2D eigenvalue weighted by molar-refractivity contribution is 5.72. The number of carboxylic acids is 1. The third kappa shape index (κ3) is 5.41. The molecule has 2 aliphatic rings. The van der Waals surface area contributed by atoms with Gasteiger partial charge in [0.25, 0.3) is 0 Å². The van der Waals surface area contributed by atoms with Crippen molar-refractivity contribution in [1.29, 1.82) is 0 Å². The molecule has 3 aromatic carbocycles. The second kappa shape index (κ2) is 11.0. The van der Waals surface area contributed by atoms with Crippen LogP contribution in [0.2, 0.25) is 0 Å². The molecule has 5 rings (SSSR count). The summed E-state index contributed by atoms with van der Waals surface area (Å²) < 4.78 is 26.8.